The number of aliphatic hydroxyl groups is 1. The van der Waals surface area contributed by atoms with Crippen LogP contribution in [0.3, 0.4) is 0 Å². The van der Waals surface area contributed by atoms with Crippen LogP contribution in [-0.4, -0.2) is 46.3 Å². The molecule has 0 aliphatic carbocycles. The summed E-state index contributed by atoms with van der Waals surface area (Å²) in [5, 5.41) is 16.4. The van der Waals surface area contributed by atoms with E-state index < -0.39 is 5.60 Å². The van der Waals surface area contributed by atoms with Crippen molar-refractivity contribution in [3.05, 3.63) is 11.9 Å². The maximum Gasteiger partial charge on any atom is 0.135 e. The lowest BCUT2D eigenvalue weighted by Crippen LogP contribution is -2.36. The molecule has 0 spiro atoms. The third-order valence-electron chi connectivity index (χ3n) is 2.62. The van der Waals surface area contributed by atoms with E-state index in [1.807, 2.05) is 26.3 Å². The molecule has 0 amide bonds. The van der Waals surface area contributed by atoms with Crippen LogP contribution in [0.1, 0.15) is 32.5 Å². The molecular weight excluding hydrogens is 260 g/mol. The summed E-state index contributed by atoms with van der Waals surface area (Å²) < 4.78 is 0. The first-order valence-corrected chi connectivity index (χ1v) is 7.79. The van der Waals surface area contributed by atoms with Crippen molar-refractivity contribution in [2.45, 2.75) is 32.3 Å². The highest BCUT2D eigenvalue weighted by molar-refractivity contribution is 7.98. The van der Waals surface area contributed by atoms with Gasteiger partial charge in [-0.15, -0.1) is 0 Å². The summed E-state index contributed by atoms with van der Waals surface area (Å²) in [4.78, 5) is 8.87. The second-order valence-electron chi connectivity index (χ2n) is 5.18. The second kappa shape index (κ2) is 6.96. The Labute approximate surface area is 119 Å². The molecule has 0 bridgehead atoms. The Morgan fingerprint density at radius 2 is 2.00 bits per heavy atom. The Kier molecular flexibility index (Phi) is 5.87. The number of hydrogen-bond donors (Lipinski definition) is 3. The summed E-state index contributed by atoms with van der Waals surface area (Å²) in [6.07, 6.45) is 1.98. The average Bonchev–Trinajstić information content (AvgIpc) is 2.36. The molecule has 0 aliphatic rings. The normalized spacial score (nSPS) is 14.3. The van der Waals surface area contributed by atoms with E-state index in [-0.39, 0.29) is 5.92 Å². The van der Waals surface area contributed by atoms with Crippen LogP contribution in [0, 0.1) is 0 Å². The van der Waals surface area contributed by atoms with Gasteiger partial charge in [-0.2, -0.15) is 11.8 Å². The van der Waals surface area contributed by atoms with Crippen molar-refractivity contribution >= 4 is 23.4 Å². The summed E-state index contributed by atoms with van der Waals surface area (Å²) in [6, 6.07) is 1.85. The molecule has 19 heavy (non-hydrogen) atoms. The quantitative estimate of drug-likeness (QED) is 0.713. The molecule has 6 heteroatoms. The van der Waals surface area contributed by atoms with Gasteiger partial charge in [0.2, 0.25) is 0 Å². The van der Waals surface area contributed by atoms with Gasteiger partial charge in [-0.05, 0) is 13.2 Å². The van der Waals surface area contributed by atoms with E-state index in [2.05, 4.69) is 34.4 Å². The van der Waals surface area contributed by atoms with E-state index in [1.165, 1.54) is 0 Å². The van der Waals surface area contributed by atoms with E-state index in [0.29, 0.717) is 12.3 Å². The Bertz CT molecular complexity index is 410. The summed E-state index contributed by atoms with van der Waals surface area (Å²) in [5.74, 6) is 3.26. The molecule has 1 aromatic heterocycles. The van der Waals surface area contributed by atoms with E-state index in [1.54, 1.807) is 11.8 Å². The molecule has 3 N–H and O–H groups in total. The fourth-order valence-corrected chi connectivity index (χ4v) is 2.31. The van der Waals surface area contributed by atoms with Gasteiger partial charge in [-0.25, -0.2) is 9.97 Å². The minimum atomic E-state index is -0.748. The van der Waals surface area contributed by atoms with Gasteiger partial charge < -0.3 is 15.7 Å². The van der Waals surface area contributed by atoms with E-state index in [0.717, 1.165) is 17.5 Å². The molecule has 0 aromatic carbocycles. The molecule has 1 atom stereocenters. The number of nitrogens with zero attached hydrogens (tertiary/aromatic N) is 2. The number of aromatic nitrogens is 2. The van der Waals surface area contributed by atoms with Crippen LogP contribution >= 0.6 is 11.8 Å². The third-order valence-corrected chi connectivity index (χ3v) is 3.53. The number of anilines is 2. The maximum absolute atomic E-state index is 10.1. The monoisotopic (exact) mass is 284 g/mol. The lowest BCUT2D eigenvalue weighted by Gasteiger charge is -2.23. The molecular formula is C13H24N4OS. The number of rotatable bonds is 7. The van der Waals surface area contributed by atoms with E-state index >= 15 is 0 Å². The first-order chi connectivity index (χ1) is 8.88. The summed E-state index contributed by atoms with van der Waals surface area (Å²) >= 11 is 1.62. The molecule has 1 heterocycles. The molecule has 108 valence electrons. The number of hydrogen-bond acceptors (Lipinski definition) is 6. The lowest BCUT2D eigenvalue weighted by atomic mass is 10.1. The van der Waals surface area contributed by atoms with Gasteiger partial charge in [0.05, 0.1) is 5.60 Å². The second-order valence-corrected chi connectivity index (χ2v) is 6.05. The Balaban J connectivity index is 2.80. The first-order valence-electron chi connectivity index (χ1n) is 6.40. The van der Waals surface area contributed by atoms with Crippen molar-refractivity contribution < 1.29 is 5.11 Å². The predicted molar refractivity (Wildman–Crippen MR) is 83.2 cm³/mol. The van der Waals surface area contributed by atoms with Gasteiger partial charge in [0.25, 0.3) is 0 Å². The minimum Gasteiger partial charge on any atom is -0.387 e. The van der Waals surface area contributed by atoms with Crippen LogP contribution < -0.4 is 10.6 Å². The number of nitrogens with one attached hydrogen (secondary N) is 2. The number of thioether (sulfide) groups is 1. The molecule has 0 saturated carbocycles. The Hall–Kier alpha value is -1.01. The van der Waals surface area contributed by atoms with E-state index in [4.69, 9.17) is 0 Å². The van der Waals surface area contributed by atoms with Gasteiger partial charge in [0, 0.05) is 31.3 Å². The Morgan fingerprint density at radius 3 is 2.53 bits per heavy atom. The molecule has 0 radical (unpaired) electrons. The molecule has 0 saturated heterocycles. The van der Waals surface area contributed by atoms with Gasteiger partial charge in [-0.3, -0.25) is 0 Å². The van der Waals surface area contributed by atoms with Crippen LogP contribution in [0.2, 0.25) is 0 Å². The highest BCUT2D eigenvalue weighted by Crippen LogP contribution is 2.18. The van der Waals surface area contributed by atoms with Crippen molar-refractivity contribution in [1.82, 2.24) is 9.97 Å². The van der Waals surface area contributed by atoms with E-state index in [9.17, 15) is 5.11 Å². The van der Waals surface area contributed by atoms with Crippen LogP contribution in [-0.2, 0) is 0 Å². The Morgan fingerprint density at radius 1 is 1.37 bits per heavy atom. The SMILES string of the molecule is CNc1cc(NCC(C)(O)CSC)nc(C(C)C)n1. The topological polar surface area (TPSA) is 70.1 Å². The molecule has 0 fully saturated rings. The lowest BCUT2D eigenvalue weighted by molar-refractivity contribution is 0.0996. The molecule has 5 nitrogen and oxygen atoms in total. The van der Waals surface area contributed by atoms with Gasteiger partial charge in [0.15, 0.2) is 0 Å². The summed E-state index contributed by atoms with van der Waals surface area (Å²) in [7, 11) is 1.83. The van der Waals surface area contributed by atoms with Crippen LogP contribution in [0.5, 0.6) is 0 Å². The summed E-state index contributed by atoms with van der Waals surface area (Å²) in [6.45, 7) is 6.40. The van der Waals surface area contributed by atoms with Crippen LogP contribution in [0.4, 0.5) is 11.6 Å². The minimum absolute atomic E-state index is 0.264. The molecule has 1 aromatic rings. The van der Waals surface area contributed by atoms with Gasteiger partial charge in [0.1, 0.15) is 17.5 Å². The fraction of sp³-hybridized carbons (Fsp3) is 0.692. The van der Waals surface area contributed by atoms with Gasteiger partial charge >= 0.3 is 0 Å². The zero-order valence-corrected chi connectivity index (χ0v) is 13.1. The highest BCUT2D eigenvalue weighted by atomic mass is 32.2. The van der Waals surface area contributed by atoms with Crippen molar-refractivity contribution in [1.29, 1.82) is 0 Å². The van der Waals surface area contributed by atoms with Crippen molar-refractivity contribution in [2.75, 3.05) is 36.2 Å². The smallest absolute Gasteiger partial charge is 0.135 e. The third kappa shape index (κ3) is 5.24. The highest BCUT2D eigenvalue weighted by Gasteiger charge is 2.19. The maximum atomic E-state index is 10.1. The first kappa shape index (κ1) is 16.0. The van der Waals surface area contributed by atoms with Gasteiger partial charge in [-0.1, -0.05) is 13.8 Å². The fourth-order valence-electron chi connectivity index (χ4n) is 1.59. The summed E-state index contributed by atoms with van der Waals surface area (Å²) in [5.41, 5.74) is -0.748. The molecule has 0 aliphatic heterocycles. The van der Waals surface area contributed by atoms with Crippen molar-refractivity contribution in [2.24, 2.45) is 0 Å². The largest absolute Gasteiger partial charge is 0.387 e. The molecule has 1 unspecified atom stereocenters. The average molecular weight is 284 g/mol. The van der Waals surface area contributed by atoms with Crippen molar-refractivity contribution in [3.63, 3.8) is 0 Å². The van der Waals surface area contributed by atoms with Crippen LogP contribution in [0.25, 0.3) is 0 Å². The standard InChI is InChI=1S/C13H24N4OS/c1-9(2)12-16-10(14-4)6-11(17-12)15-7-13(3,18)8-19-5/h6,9,18H,7-8H2,1-5H3,(H2,14,15,16,17). The zero-order valence-electron chi connectivity index (χ0n) is 12.3. The van der Waals surface area contributed by atoms with Crippen molar-refractivity contribution in [3.8, 4) is 0 Å². The zero-order chi connectivity index (χ0) is 14.5. The molecule has 1 rings (SSSR count). The predicted octanol–water partition coefficient (Wildman–Crippen LogP) is 2.17. The van der Waals surface area contributed by atoms with Crippen LogP contribution in [0.15, 0.2) is 6.07 Å².